The molecule has 0 unspecified atom stereocenters. The number of hydrogen-bond acceptors (Lipinski definition) is 3. The summed E-state index contributed by atoms with van der Waals surface area (Å²) in [6.45, 7) is 0.721. The molecule has 1 aliphatic heterocycles. The Morgan fingerprint density at radius 2 is 1.92 bits per heavy atom. The predicted molar refractivity (Wildman–Crippen MR) is 99.0 cm³/mol. The van der Waals surface area contributed by atoms with Crippen molar-refractivity contribution in [1.29, 1.82) is 0 Å². The molecule has 7 heteroatoms. The summed E-state index contributed by atoms with van der Waals surface area (Å²) in [5.41, 5.74) is 1.03. The van der Waals surface area contributed by atoms with Crippen LogP contribution in [0.15, 0.2) is 54.6 Å². The molecule has 1 atom stereocenters. The summed E-state index contributed by atoms with van der Waals surface area (Å²) in [4.78, 5) is 38.8. The van der Waals surface area contributed by atoms with Crippen molar-refractivity contribution in [3.05, 3.63) is 65.2 Å². The van der Waals surface area contributed by atoms with Gasteiger partial charge in [0.25, 0.3) is 5.91 Å². The van der Waals surface area contributed by atoms with Gasteiger partial charge in [-0.05, 0) is 30.3 Å². The first-order valence-electron chi connectivity index (χ1n) is 8.24. The number of anilines is 1. The van der Waals surface area contributed by atoms with Crippen molar-refractivity contribution in [3.63, 3.8) is 0 Å². The van der Waals surface area contributed by atoms with Crippen molar-refractivity contribution in [1.82, 2.24) is 10.2 Å². The lowest BCUT2D eigenvalue weighted by atomic mass is 10.1. The summed E-state index contributed by atoms with van der Waals surface area (Å²) in [5.74, 6) is -0.956. The van der Waals surface area contributed by atoms with Crippen LogP contribution < -0.4 is 10.6 Å². The molecule has 1 fully saturated rings. The molecule has 0 spiro atoms. The molecule has 0 radical (unpaired) electrons. The van der Waals surface area contributed by atoms with E-state index >= 15 is 0 Å². The van der Waals surface area contributed by atoms with Crippen molar-refractivity contribution in [2.45, 2.75) is 12.5 Å². The first kappa shape index (κ1) is 17.9. The lowest BCUT2D eigenvalue weighted by molar-refractivity contribution is -0.131. The molecule has 1 saturated heterocycles. The van der Waals surface area contributed by atoms with Gasteiger partial charge in [-0.1, -0.05) is 35.9 Å². The van der Waals surface area contributed by atoms with Gasteiger partial charge in [-0.15, -0.1) is 0 Å². The Morgan fingerprint density at radius 3 is 2.65 bits per heavy atom. The second kappa shape index (κ2) is 8.01. The Balaban J connectivity index is 1.73. The molecule has 2 N–H and O–H groups in total. The average molecular weight is 372 g/mol. The first-order valence-corrected chi connectivity index (χ1v) is 8.61. The summed E-state index contributed by atoms with van der Waals surface area (Å²) in [6.07, 6.45) is -0.128. The quantitative estimate of drug-likeness (QED) is 0.865. The van der Waals surface area contributed by atoms with E-state index in [0.717, 1.165) is 0 Å². The largest absolute Gasteiger partial charge is 0.353 e. The van der Waals surface area contributed by atoms with E-state index in [0.29, 0.717) is 29.4 Å². The van der Waals surface area contributed by atoms with Gasteiger partial charge in [0.1, 0.15) is 6.04 Å². The van der Waals surface area contributed by atoms with E-state index in [4.69, 9.17) is 11.6 Å². The number of benzene rings is 2. The molecule has 1 aliphatic rings. The van der Waals surface area contributed by atoms with E-state index in [1.807, 2.05) is 6.07 Å². The standard InChI is InChI=1S/C19H18ClN3O3/c20-14-7-4-8-15(11-14)22-17(24)12-16-18(25)21-9-10-23(16)19(26)13-5-2-1-3-6-13/h1-8,11,16H,9-10,12H2,(H,21,25)(H,22,24)/t16-/m1/s1. The topological polar surface area (TPSA) is 78.5 Å². The number of nitrogens with zero attached hydrogens (tertiary/aromatic N) is 1. The van der Waals surface area contributed by atoms with Gasteiger partial charge in [-0.25, -0.2) is 0 Å². The maximum absolute atomic E-state index is 12.7. The van der Waals surface area contributed by atoms with Crippen molar-refractivity contribution < 1.29 is 14.4 Å². The monoisotopic (exact) mass is 371 g/mol. The summed E-state index contributed by atoms with van der Waals surface area (Å²) < 4.78 is 0. The summed E-state index contributed by atoms with van der Waals surface area (Å²) >= 11 is 5.91. The van der Waals surface area contributed by atoms with Gasteiger partial charge < -0.3 is 15.5 Å². The number of carbonyl (C=O) groups is 3. The van der Waals surface area contributed by atoms with Gasteiger partial charge in [0.2, 0.25) is 11.8 Å². The number of amides is 3. The minimum Gasteiger partial charge on any atom is -0.353 e. The molecule has 1 heterocycles. The minimum absolute atomic E-state index is 0.128. The molecule has 0 aliphatic carbocycles. The molecule has 3 amide bonds. The normalized spacial score (nSPS) is 16.7. The molecule has 3 rings (SSSR count). The van der Waals surface area contributed by atoms with Gasteiger partial charge in [0, 0.05) is 29.4 Å². The third-order valence-electron chi connectivity index (χ3n) is 4.10. The van der Waals surface area contributed by atoms with Crippen LogP contribution in [0.4, 0.5) is 5.69 Å². The van der Waals surface area contributed by atoms with Gasteiger partial charge in [0.05, 0.1) is 6.42 Å². The molecular formula is C19H18ClN3O3. The highest BCUT2D eigenvalue weighted by molar-refractivity contribution is 6.30. The highest BCUT2D eigenvalue weighted by Gasteiger charge is 2.35. The minimum atomic E-state index is -0.851. The SMILES string of the molecule is O=C(C[C@@H]1C(=O)NCCN1C(=O)c1ccccc1)Nc1cccc(Cl)c1. The Labute approximate surface area is 156 Å². The third kappa shape index (κ3) is 4.21. The predicted octanol–water partition coefficient (Wildman–Crippen LogP) is 2.31. The molecule has 0 bridgehead atoms. The van der Waals surface area contributed by atoms with E-state index < -0.39 is 6.04 Å². The molecule has 2 aromatic carbocycles. The van der Waals surface area contributed by atoms with Crippen LogP contribution in [0.3, 0.4) is 0 Å². The van der Waals surface area contributed by atoms with Crippen molar-refractivity contribution >= 4 is 35.0 Å². The third-order valence-corrected chi connectivity index (χ3v) is 4.33. The highest BCUT2D eigenvalue weighted by Crippen LogP contribution is 2.17. The lowest BCUT2D eigenvalue weighted by Crippen LogP contribution is -2.58. The number of nitrogens with one attached hydrogen (secondary N) is 2. The first-order chi connectivity index (χ1) is 12.5. The van der Waals surface area contributed by atoms with E-state index in [1.165, 1.54) is 4.90 Å². The highest BCUT2D eigenvalue weighted by atomic mass is 35.5. The van der Waals surface area contributed by atoms with Gasteiger partial charge in [0.15, 0.2) is 0 Å². The molecule has 26 heavy (non-hydrogen) atoms. The lowest BCUT2D eigenvalue weighted by Gasteiger charge is -2.34. The summed E-state index contributed by atoms with van der Waals surface area (Å²) in [6, 6.07) is 14.6. The van der Waals surface area contributed by atoms with Crippen molar-refractivity contribution in [3.8, 4) is 0 Å². The maximum Gasteiger partial charge on any atom is 0.254 e. The van der Waals surface area contributed by atoms with E-state index in [2.05, 4.69) is 10.6 Å². The van der Waals surface area contributed by atoms with Crippen LogP contribution >= 0.6 is 11.6 Å². The fraction of sp³-hybridized carbons (Fsp3) is 0.211. The van der Waals surface area contributed by atoms with Crippen LogP contribution in [0.1, 0.15) is 16.8 Å². The van der Waals surface area contributed by atoms with Crippen LogP contribution in [-0.2, 0) is 9.59 Å². The molecular weight excluding hydrogens is 354 g/mol. The van der Waals surface area contributed by atoms with E-state index in [1.54, 1.807) is 48.5 Å². The second-order valence-corrected chi connectivity index (χ2v) is 6.37. The number of rotatable bonds is 4. The zero-order valence-electron chi connectivity index (χ0n) is 13.9. The van der Waals surface area contributed by atoms with E-state index in [9.17, 15) is 14.4 Å². The Bertz CT molecular complexity index is 826. The fourth-order valence-electron chi connectivity index (χ4n) is 2.86. The zero-order valence-corrected chi connectivity index (χ0v) is 14.7. The molecule has 0 saturated carbocycles. The molecule has 2 aromatic rings. The molecule has 6 nitrogen and oxygen atoms in total. The Hall–Kier alpha value is -2.86. The van der Waals surface area contributed by atoms with Crippen molar-refractivity contribution in [2.75, 3.05) is 18.4 Å². The fourth-order valence-corrected chi connectivity index (χ4v) is 3.05. The van der Waals surface area contributed by atoms with E-state index in [-0.39, 0.29) is 24.1 Å². The van der Waals surface area contributed by atoms with Crippen LogP contribution in [0.25, 0.3) is 0 Å². The maximum atomic E-state index is 12.7. The number of carbonyl (C=O) groups excluding carboxylic acids is 3. The Morgan fingerprint density at radius 1 is 1.15 bits per heavy atom. The van der Waals surface area contributed by atoms with Gasteiger partial charge in [-0.3, -0.25) is 14.4 Å². The smallest absolute Gasteiger partial charge is 0.254 e. The molecule has 134 valence electrons. The van der Waals surface area contributed by atoms with Crippen LogP contribution in [0, 0.1) is 0 Å². The number of piperazine rings is 1. The summed E-state index contributed by atoms with van der Waals surface area (Å²) in [7, 11) is 0. The average Bonchev–Trinajstić information content (AvgIpc) is 2.63. The van der Waals surface area contributed by atoms with Gasteiger partial charge >= 0.3 is 0 Å². The van der Waals surface area contributed by atoms with Crippen LogP contribution in [-0.4, -0.2) is 41.8 Å². The van der Waals surface area contributed by atoms with Crippen molar-refractivity contribution in [2.24, 2.45) is 0 Å². The molecule has 0 aromatic heterocycles. The number of hydrogen-bond donors (Lipinski definition) is 2. The van der Waals surface area contributed by atoms with Crippen LogP contribution in [0.2, 0.25) is 5.02 Å². The second-order valence-electron chi connectivity index (χ2n) is 5.93. The number of halogens is 1. The summed E-state index contributed by atoms with van der Waals surface area (Å²) in [5, 5.41) is 5.92. The van der Waals surface area contributed by atoms with Crippen LogP contribution in [0.5, 0.6) is 0 Å². The van der Waals surface area contributed by atoms with Gasteiger partial charge in [-0.2, -0.15) is 0 Å². The Kier molecular flexibility index (Phi) is 5.53. The zero-order chi connectivity index (χ0) is 18.5.